The highest BCUT2D eigenvalue weighted by Crippen LogP contribution is 2.32. The van der Waals surface area contributed by atoms with Gasteiger partial charge in [0.1, 0.15) is 6.54 Å². The molecule has 0 saturated carbocycles. The van der Waals surface area contributed by atoms with Gasteiger partial charge in [-0.25, -0.2) is 0 Å². The molecular formula is C12H12F6N2O. The number of rotatable bonds is 4. The molecule has 1 amide bonds. The number of anilines is 1. The molecular weight excluding hydrogens is 302 g/mol. The van der Waals surface area contributed by atoms with Crippen molar-refractivity contribution in [2.24, 2.45) is 0 Å². The van der Waals surface area contributed by atoms with Gasteiger partial charge in [0.2, 0.25) is 0 Å². The summed E-state index contributed by atoms with van der Waals surface area (Å²) in [6, 6.07) is 2.27. The van der Waals surface area contributed by atoms with Gasteiger partial charge >= 0.3 is 12.4 Å². The summed E-state index contributed by atoms with van der Waals surface area (Å²) in [5.74, 6) is -1.23. The molecule has 0 aliphatic carbocycles. The largest absolute Gasteiger partial charge is 0.416 e. The van der Waals surface area contributed by atoms with Gasteiger partial charge in [-0.15, -0.1) is 0 Å². The first kappa shape index (κ1) is 17.1. The van der Waals surface area contributed by atoms with E-state index in [0.29, 0.717) is 12.6 Å². The normalized spacial score (nSPS) is 12.1. The van der Waals surface area contributed by atoms with Crippen molar-refractivity contribution in [3.8, 4) is 0 Å². The van der Waals surface area contributed by atoms with Crippen LogP contribution in [0.5, 0.6) is 0 Å². The van der Waals surface area contributed by atoms with Crippen molar-refractivity contribution in [3.05, 3.63) is 29.3 Å². The van der Waals surface area contributed by atoms with E-state index in [1.54, 1.807) is 12.2 Å². The minimum Gasteiger partial charge on any atom is -0.385 e. The zero-order valence-electron chi connectivity index (χ0n) is 10.8. The number of alkyl halides is 6. The fraction of sp³-hybridized carbons (Fsp3) is 0.417. The predicted octanol–water partition coefficient (Wildman–Crippen LogP) is 3.43. The maximum absolute atomic E-state index is 12.6. The van der Waals surface area contributed by atoms with Crippen molar-refractivity contribution < 1.29 is 31.1 Å². The maximum atomic E-state index is 12.6. The molecule has 0 heterocycles. The van der Waals surface area contributed by atoms with E-state index in [1.165, 1.54) is 0 Å². The lowest BCUT2D eigenvalue weighted by Crippen LogP contribution is -2.34. The molecule has 9 heteroatoms. The van der Waals surface area contributed by atoms with Crippen LogP contribution in [-0.2, 0) is 6.18 Å². The van der Waals surface area contributed by atoms with Gasteiger partial charge in [0.05, 0.1) is 11.1 Å². The Bertz CT molecular complexity index is 509. The number of nitrogens with one attached hydrogen (secondary N) is 2. The van der Waals surface area contributed by atoms with E-state index in [9.17, 15) is 31.1 Å². The Hall–Kier alpha value is -1.93. The molecule has 3 nitrogen and oxygen atoms in total. The van der Waals surface area contributed by atoms with Crippen molar-refractivity contribution in [3.63, 3.8) is 0 Å². The van der Waals surface area contributed by atoms with Crippen molar-refractivity contribution in [2.75, 3.05) is 18.4 Å². The first-order chi connectivity index (χ1) is 9.54. The molecule has 0 atom stereocenters. The van der Waals surface area contributed by atoms with Crippen LogP contribution in [-0.4, -0.2) is 25.2 Å². The van der Waals surface area contributed by atoms with Crippen LogP contribution in [0.3, 0.4) is 0 Å². The van der Waals surface area contributed by atoms with Crippen LogP contribution < -0.4 is 10.6 Å². The van der Waals surface area contributed by atoms with Gasteiger partial charge in [-0.05, 0) is 25.1 Å². The smallest absolute Gasteiger partial charge is 0.385 e. The summed E-state index contributed by atoms with van der Waals surface area (Å²) in [6.07, 6.45) is -9.33. The number of carbonyl (C=O) groups excluding carboxylic acids is 1. The third-order valence-corrected chi connectivity index (χ3v) is 2.41. The molecule has 0 unspecified atom stereocenters. The van der Waals surface area contributed by atoms with Gasteiger partial charge in [0.25, 0.3) is 5.91 Å². The molecule has 0 spiro atoms. The van der Waals surface area contributed by atoms with Crippen LogP contribution in [0.15, 0.2) is 18.2 Å². The molecule has 0 radical (unpaired) electrons. The molecule has 1 aromatic carbocycles. The summed E-state index contributed by atoms with van der Waals surface area (Å²) < 4.78 is 73.9. The Morgan fingerprint density at radius 1 is 1.14 bits per heavy atom. The number of hydrogen-bond donors (Lipinski definition) is 2. The SMILES string of the molecule is CCNc1ccc(C(F)(F)F)cc1C(=O)NCC(F)(F)F. The van der Waals surface area contributed by atoms with Crippen LogP contribution in [0.2, 0.25) is 0 Å². The van der Waals surface area contributed by atoms with Gasteiger partial charge in [0, 0.05) is 12.2 Å². The highest BCUT2D eigenvalue weighted by molar-refractivity contribution is 5.99. The van der Waals surface area contributed by atoms with E-state index in [1.807, 2.05) is 0 Å². The summed E-state index contributed by atoms with van der Waals surface area (Å²) in [4.78, 5) is 11.6. The van der Waals surface area contributed by atoms with Crippen LogP contribution in [0.25, 0.3) is 0 Å². The number of carbonyl (C=O) groups is 1. The van der Waals surface area contributed by atoms with E-state index in [4.69, 9.17) is 0 Å². The minimum absolute atomic E-state index is 0.0326. The first-order valence-electron chi connectivity index (χ1n) is 5.84. The zero-order valence-corrected chi connectivity index (χ0v) is 10.8. The predicted molar refractivity (Wildman–Crippen MR) is 64.0 cm³/mol. The van der Waals surface area contributed by atoms with Crippen LogP contribution in [0.1, 0.15) is 22.8 Å². The maximum Gasteiger partial charge on any atom is 0.416 e. The highest BCUT2D eigenvalue weighted by Gasteiger charge is 2.32. The third kappa shape index (κ3) is 5.16. The minimum atomic E-state index is -4.69. The fourth-order valence-electron chi connectivity index (χ4n) is 1.53. The van der Waals surface area contributed by atoms with Crippen molar-refractivity contribution >= 4 is 11.6 Å². The van der Waals surface area contributed by atoms with Crippen molar-refractivity contribution in [1.82, 2.24) is 5.32 Å². The number of benzene rings is 1. The molecule has 21 heavy (non-hydrogen) atoms. The zero-order chi connectivity index (χ0) is 16.3. The van der Waals surface area contributed by atoms with E-state index >= 15 is 0 Å². The molecule has 0 aliphatic rings. The van der Waals surface area contributed by atoms with Gasteiger partial charge in [-0.1, -0.05) is 0 Å². The second kappa shape index (κ2) is 6.23. The van der Waals surface area contributed by atoms with Crippen LogP contribution in [0.4, 0.5) is 32.0 Å². The summed E-state index contributed by atoms with van der Waals surface area (Å²) in [6.45, 7) is 0.313. The van der Waals surface area contributed by atoms with Crippen LogP contribution in [0, 0.1) is 0 Å². The Labute approximate surface area is 116 Å². The summed E-state index contributed by atoms with van der Waals surface area (Å²) in [5.41, 5.74) is -1.57. The first-order valence-corrected chi connectivity index (χ1v) is 5.84. The van der Waals surface area contributed by atoms with Crippen molar-refractivity contribution in [2.45, 2.75) is 19.3 Å². The van der Waals surface area contributed by atoms with E-state index < -0.39 is 35.9 Å². The lowest BCUT2D eigenvalue weighted by molar-refractivity contribution is -0.137. The third-order valence-electron chi connectivity index (χ3n) is 2.41. The Balaban J connectivity index is 3.08. The molecule has 0 saturated heterocycles. The second-order valence-corrected chi connectivity index (χ2v) is 4.09. The molecule has 0 aromatic heterocycles. The van der Waals surface area contributed by atoms with Crippen LogP contribution >= 0.6 is 0 Å². The fourth-order valence-corrected chi connectivity index (χ4v) is 1.53. The van der Waals surface area contributed by atoms with Gasteiger partial charge in [-0.3, -0.25) is 4.79 Å². The molecule has 0 bridgehead atoms. The Kier molecular flexibility index (Phi) is 5.08. The molecule has 1 aromatic rings. The Morgan fingerprint density at radius 3 is 2.24 bits per heavy atom. The number of hydrogen-bond acceptors (Lipinski definition) is 2. The van der Waals surface area contributed by atoms with E-state index in [-0.39, 0.29) is 5.69 Å². The molecule has 0 fully saturated rings. The van der Waals surface area contributed by atoms with E-state index in [0.717, 1.165) is 12.1 Å². The van der Waals surface area contributed by atoms with Crippen molar-refractivity contribution in [1.29, 1.82) is 0 Å². The average Bonchev–Trinajstić information content (AvgIpc) is 2.34. The molecule has 1 rings (SSSR count). The molecule has 2 N–H and O–H groups in total. The van der Waals surface area contributed by atoms with E-state index in [2.05, 4.69) is 5.32 Å². The summed E-state index contributed by atoms with van der Waals surface area (Å²) in [5, 5.41) is 4.17. The number of halogens is 6. The standard InChI is InChI=1S/C12H12F6N2O/c1-2-19-9-4-3-7(12(16,17)18)5-8(9)10(21)20-6-11(13,14)15/h3-5,19H,2,6H2,1H3,(H,20,21). The monoisotopic (exact) mass is 314 g/mol. The summed E-state index contributed by atoms with van der Waals surface area (Å²) >= 11 is 0. The average molecular weight is 314 g/mol. The second-order valence-electron chi connectivity index (χ2n) is 4.09. The Morgan fingerprint density at radius 2 is 1.76 bits per heavy atom. The lowest BCUT2D eigenvalue weighted by atomic mass is 10.1. The van der Waals surface area contributed by atoms with Gasteiger partial charge in [-0.2, -0.15) is 26.3 Å². The lowest BCUT2D eigenvalue weighted by Gasteiger charge is -2.15. The summed E-state index contributed by atoms with van der Waals surface area (Å²) in [7, 11) is 0. The number of amides is 1. The quantitative estimate of drug-likeness (QED) is 0.836. The topological polar surface area (TPSA) is 41.1 Å². The molecule has 0 aliphatic heterocycles. The van der Waals surface area contributed by atoms with Gasteiger partial charge < -0.3 is 10.6 Å². The van der Waals surface area contributed by atoms with Gasteiger partial charge in [0.15, 0.2) is 0 Å². The molecule has 118 valence electrons. The highest BCUT2D eigenvalue weighted by atomic mass is 19.4.